The summed E-state index contributed by atoms with van der Waals surface area (Å²) in [6, 6.07) is 3.06. The molecule has 0 unspecified atom stereocenters. The van der Waals surface area contributed by atoms with Gasteiger partial charge < -0.3 is 14.6 Å². The summed E-state index contributed by atoms with van der Waals surface area (Å²) in [6.07, 6.45) is 2.15. The summed E-state index contributed by atoms with van der Waals surface area (Å²) in [7, 11) is 1.69. The smallest absolute Gasteiger partial charge is 0.338 e. The van der Waals surface area contributed by atoms with E-state index in [1.54, 1.807) is 11.6 Å². The van der Waals surface area contributed by atoms with E-state index in [2.05, 4.69) is 15.5 Å². The second kappa shape index (κ2) is 10.2. The van der Waals surface area contributed by atoms with Crippen LogP contribution in [0.4, 0.5) is 10.5 Å². The number of carbonyl (C=O) groups excluding carboxylic acids is 3. The zero-order valence-electron chi connectivity index (χ0n) is 15.6. The van der Waals surface area contributed by atoms with Crippen LogP contribution in [-0.4, -0.2) is 50.7 Å². The van der Waals surface area contributed by atoms with Crippen LogP contribution in [0.1, 0.15) is 23.7 Å². The molecule has 0 saturated carbocycles. The lowest BCUT2D eigenvalue weighted by atomic mass is 10.2. The number of imide groups is 1. The Morgan fingerprint density at radius 1 is 1.34 bits per heavy atom. The van der Waals surface area contributed by atoms with E-state index in [4.69, 9.17) is 4.74 Å². The van der Waals surface area contributed by atoms with Gasteiger partial charge in [0.05, 0.1) is 15.4 Å². The molecule has 2 aromatic rings. The SMILES string of the molecule is CCCNC(=O)NC(=O)COC(=O)c1ccc(Sc2nncn2C)c([N+](=O)[O-])c1. The maximum Gasteiger partial charge on any atom is 0.338 e. The van der Waals surface area contributed by atoms with E-state index in [1.165, 1.54) is 18.5 Å². The average Bonchev–Trinajstić information content (AvgIpc) is 3.09. The number of nitrogens with one attached hydrogen (secondary N) is 2. The molecule has 1 aromatic carbocycles. The Morgan fingerprint density at radius 2 is 2.10 bits per heavy atom. The summed E-state index contributed by atoms with van der Waals surface area (Å²) in [5.41, 5.74) is -0.432. The molecule has 13 heteroatoms. The Hall–Kier alpha value is -3.48. The minimum absolute atomic E-state index is 0.109. The summed E-state index contributed by atoms with van der Waals surface area (Å²) < 4.78 is 6.40. The van der Waals surface area contributed by atoms with Crippen molar-refractivity contribution in [2.45, 2.75) is 23.4 Å². The number of rotatable bonds is 8. The van der Waals surface area contributed by atoms with E-state index in [9.17, 15) is 24.5 Å². The third kappa shape index (κ3) is 6.27. The van der Waals surface area contributed by atoms with Gasteiger partial charge in [0.2, 0.25) is 0 Å². The molecule has 0 atom stereocenters. The molecular formula is C16H18N6O6S. The molecule has 3 amide bonds. The number of nitrogens with zero attached hydrogens (tertiary/aromatic N) is 4. The van der Waals surface area contributed by atoms with Gasteiger partial charge in [0, 0.05) is 19.7 Å². The number of nitro groups is 1. The van der Waals surface area contributed by atoms with E-state index in [1.807, 2.05) is 12.2 Å². The monoisotopic (exact) mass is 422 g/mol. The van der Waals surface area contributed by atoms with Gasteiger partial charge in [-0.2, -0.15) is 0 Å². The van der Waals surface area contributed by atoms with Gasteiger partial charge in [-0.15, -0.1) is 10.2 Å². The number of aromatic nitrogens is 3. The molecule has 2 N–H and O–H groups in total. The number of carbonyl (C=O) groups is 3. The lowest BCUT2D eigenvalue weighted by Gasteiger charge is -2.08. The molecule has 1 heterocycles. The zero-order chi connectivity index (χ0) is 21.4. The van der Waals surface area contributed by atoms with Crippen molar-refractivity contribution >= 4 is 35.4 Å². The molecule has 12 nitrogen and oxygen atoms in total. The van der Waals surface area contributed by atoms with E-state index in [0.29, 0.717) is 18.1 Å². The van der Waals surface area contributed by atoms with Gasteiger partial charge >= 0.3 is 12.0 Å². The van der Waals surface area contributed by atoms with Gasteiger partial charge in [-0.3, -0.25) is 20.2 Å². The number of ether oxygens (including phenoxy) is 1. The largest absolute Gasteiger partial charge is 0.452 e. The van der Waals surface area contributed by atoms with E-state index in [-0.39, 0.29) is 16.1 Å². The van der Waals surface area contributed by atoms with Gasteiger partial charge in [0.25, 0.3) is 11.6 Å². The second-order valence-corrected chi connectivity index (χ2v) is 6.66. The average molecular weight is 422 g/mol. The van der Waals surface area contributed by atoms with Crippen LogP contribution in [0.2, 0.25) is 0 Å². The van der Waals surface area contributed by atoms with Crippen molar-refractivity contribution in [3.05, 3.63) is 40.2 Å². The number of esters is 1. The first kappa shape index (κ1) is 21.8. The van der Waals surface area contributed by atoms with Crippen LogP contribution >= 0.6 is 11.8 Å². The Balaban J connectivity index is 2.02. The van der Waals surface area contributed by atoms with E-state index >= 15 is 0 Å². The first-order valence-electron chi connectivity index (χ1n) is 8.37. The summed E-state index contributed by atoms with van der Waals surface area (Å²) in [4.78, 5) is 46.1. The molecule has 0 bridgehead atoms. The summed E-state index contributed by atoms with van der Waals surface area (Å²) in [5.74, 6) is -1.76. The third-order valence-electron chi connectivity index (χ3n) is 3.39. The number of urea groups is 1. The molecule has 0 aliphatic rings. The van der Waals surface area contributed by atoms with Crippen molar-refractivity contribution in [1.29, 1.82) is 0 Å². The van der Waals surface area contributed by atoms with Crippen LogP contribution in [0.25, 0.3) is 0 Å². The molecule has 2 rings (SSSR count). The Labute approximate surface area is 169 Å². The second-order valence-electron chi connectivity index (χ2n) is 5.65. The molecule has 0 fully saturated rings. The number of hydrogen-bond acceptors (Lipinski definition) is 9. The van der Waals surface area contributed by atoms with Crippen molar-refractivity contribution in [1.82, 2.24) is 25.4 Å². The summed E-state index contributed by atoms with van der Waals surface area (Å²) in [6.45, 7) is 1.53. The minimum atomic E-state index is -0.938. The molecule has 0 aliphatic heterocycles. The lowest BCUT2D eigenvalue weighted by molar-refractivity contribution is -0.387. The number of benzene rings is 1. The normalized spacial score (nSPS) is 10.3. The van der Waals surface area contributed by atoms with Crippen molar-refractivity contribution in [3.8, 4) is 0 Å². The van der Waals surface area contributed by atoms with Gasteiger partial charge in [-0.05, 0) is 30.3 Å². The highest BCUT2D eigenvalue weighted by Crippen LogP contribution is 2.34. The fourth-order valence-corrected chi connectivity index (χ4v) is 2.85. The topological polar surface area (TPSA) is 158 Å². The van der Waals surface area contributed by atoms with Crippen LogP contribution in [-0.2, 0) is 16.6 Å². The Bertz CT molecular complexity index is 930. The van der Waals surface area contributed by atoms with Crippen LogP contribution < -0.4 is 10.6 Å². The van der Waals surface area contributed by atoms with Crippen LogP contribution in [0.3, 0.4) is 0 Å². The highest BCUT2D eigenvalue weighted by molar-refractivity contribution is 7.99. The quantitative estimate of drug-likeness (QED) is 0.363. The standard InChI is InChI=1S/C16H18N6O6S/c1-3-6-17-15(25)19-13(23)8-28-14(24)10-4-5-12(11(7-10)22(26)27)29-16-20-18-9-21(16)2/h4-5,7,9H,3,6,8H2,1-2H3,(H2,17,19,23,25). The first-order valence-corrected chi connectivity index (χ1v) is 9.18. The van der Waals surface area contributed by atoms with Crippen molar-refractivity contribution in [2.24, 2.45) is 7.05 Å². The molecule has 0 spiro atoms. The number of nitro benzene ring substituents is 1. The van der Waals surface area contributed by atoms with Gasteiger partial charge in [-0.25, -0.2) is 9.59 Å². The molecule has 0 radical (unpaired) electrons. The van der Waals surface area contributed by atoms with Crippen molar-refractivity contribution in [3.63, 3.8) is 0 Å². The predicted molar refractivity (Wildman–Crippen MR) is 100 cm³/mol. The number of hydrogen-bond donors (Lipinski definition) is 2. The Morgan fingerprint density at radius 3 is 2.72 bits per heavy atom. The maximum atomic E-state index is 12.1. The third-order valence-corrected chi connectivity index (χ3v) is 4.50. The van der Waals surface area contributed by atoms with Crippen LogP contribution in [0.15, 0.2) is 34.6 Å². The maximum absolute atomic E-state index is 12.1. The number of amides is 3. The van der Waals surface area contributed by atoms with Gasteiger partial charge in [0.15, 0.2) is 11.8 Å². The highest BCUT2D eigenvalue weighted by atomic mass is 32.2. The zero-order valence-corrected chi connectivity index (χ0v) is 16.4. The molecule has 154 valence electrons. The summed E-state index contributed by atoms with van der Waals surface area (Å²) in [5, 5.41) is 23.8. The number of aryl methyl sites for hydroxylation is 1. The summed E-state index contributed by atoms with van der Waals surface area (Å²) >= 11 is 1.01. The van der Waals surface area contributed by atoms with E-state index in [0.717, 1.165) is 17.8 Å². The molecule has 1 aromatic heterocycles. The minimum Gasteiger partial charge on any atom is -0.452 e. The van der Waals surface area contributed by atoms with Crippen LogP contribution in [0.5, 0.6) is 0 Å². The fourth-order valence-electron chi connectivity index (χ4n) is 2.00. The predicted octanol–water partition coefficient (Wildman–Crippen LogP) is 1.27. The van der Waals surface area contributed by atoms with Gasteiger partial charge in [0.1, 0.15) is 6.33 Å². The Kier molecular flexibility index (Phi) is 7.65. The molecule has 0 saturated heterocycles. The van der Waals surface area contributed by atoms with Gasteiger partial charge in [-0.1, -0.05) is 6.92 Å². The molecule has 29 heavy (non-hydrogen) atoms. The fraction of sp³-hybridized carbons (Fsp3) is 0.312. The lowest BCUT2D eigenvalue weighted by Crippen LogP contribution is -2.41. The van der Waals surface area contributed by atoms with E-state index < -0.39 is 29.4 Å². The highest BCUT2D eigenvalue weighted by Gasteiger charge is 2.21. The first-order chi connectivity index (χ1) is 13.8. The van der Waals surface area contributed by atoms with Crippen molar-refractivity contribution < 1.29 is 24.0 Å². The van der Waals surface area contributed by atoms with Crippen LogP contribution in [0, 0.1) is 10.1 Å². The molecular weight excluding hydrogens is 404 g/mol. The van der Waals surface area contributed by atoms with Crippen molar-refractivity contribution in [2.75, 3.05) is 13.2 Å². The molecule has 0 aliphatic carbocycles.